The van der Waals surface area contributed by atoms with Gasteiger partial charge in [-0.3, -0.25) is 14.6 Å². The number of anilines is 1. The van der Waals surface area contributed by atoms with E-state index in [0.717, 1.165) is 0 Å². The number of aliphatic carboxylic acids is 1. The minimum atomic E-state index is -1.03. The molecule has 0 aliphatic rings. The Bertz CT molecular complexity index is 444. The Balaban J connectivity index is 2.96. The smallest absolute Gasteiger partial charge is 0.322 e. The van der Waals surface area contributed by atoms with Crippen LogP contribution in [0.15, 0.2) is 18.5 Å². The molecule has 1 amide bonds. The maximum Gasteiger partial charge on any atom is 0.322 e. The van der Waals surface area contributed by atoms with E-state index in [4.69, 9.17) is 16.2 Å². The number of carbonyl (C=O) groups excluding carboxylic acids is 1. The van der Waals surface area contributed by atoms with Gasteiger partial charge in [-0.25, -0.2) is 5.41 Å². The zero-order chi connectivity index (χ0) is 12.1. The number of nitrogens with one attached hydrogen (secondary N) is 1. The number of carboxylic acid groups (broad SMARTS) is 1. The number of carbonyl (C=O) groups is 2. The van der Waals surface area contributed by atoms with E-state index in [1.54, 1.807) is 0 Å². The lowest BCUT2D eigenvalue weighted by atomic mass is 10.1. The fraction of sp³-hybridized carbons (Fsp3) is 0.111. The minimum Gasteiger partial charge on any atom is -0.480 e. The largest absolute Gasteiger partial charge is 0.480 e. The van der Waals surface area contributed by atoms with Crippen LogP contribution in [0.1, 0.15) is 5.56 Å². The van der Waals surface area contributed by atoms with Crippen LogP contribution in [0.3, 0.4) is 0 Å². The summed E-state index contributed by atoms with van der Waals surface area (Å²) in [5, 5.41) is 16.6. The Morgan fingerprint density at radius 2 is 2.25 bits per heavy atom. The van der Waals surface area contributed by atoms with E-state index in [2.05, 4.69) is 10.3 Å². The van der Waals surface area contributed by atoms with Crippen molar-refractivity contribution in [3.05, 3.63) is 24.0 Å². The number of amides is 1. The van der Waals surface area contributed by atoms with Gasteiger partial charge in [-0.1, -0.05) is 0 Å². The van der Waals surface area contributed by atoms with E-state index < -0.39 is 11.9 Å². The van der Waals surface area contributed by atoms with Gasteiger partial charge in [0, 0.05) is 6.20 Å². The summed E-state index contributed by atoms with van der Waals surface area (Å²) in [6, 6.07) is 1.48. The van der Waals surface area contributed by atoms with Crippen LogP contribution in [0.4, 0.5) is 5.69 Å². The van der Waals surface area contributed by atoms with Crippen molar-refractivity contribution >= 4 is 23.3 Å². The first-order chi connectivity index (χ1) is 7.52. The first-order valence-electron chi connectivity index (χ1n) is 4.34. The molecule has 0 unspecified atom stereocenters. The second-order valence-electron chi connectivity index (χ2n) is 2.95. The minimum absolute atomic E-state index is 0.143. The Kier molecular flexibility index (Phi) is 3.54. The second-order valence-corrected chi connectivity index (χ2v) is 2.95. The molecule has 0 radical (unpaired) electrons. The lowest BCUT2D eigenvalue weighted by Gasteiger charge is -2.06. The summed E-state index contributed by atoms with van der Waals surface area (Å²) in [5.74, 6) is -1.81. The Morgan fingerprint density at radius 1 is 1.56 bits per heavy atom. The highest BCUT2D eigenvalue weighted by atomic mass is 16.4. The Hall–Kier alpha value is -2.44. The summed E-state index contributed by atoms with van der Waals surface area (Å²) >= 11 is 0. The van der Waals surface area contributed by atoms with E-state index in [0.29, 0.717) is 11.3 Å². The average molecular weight is 223 g/mol. The number of hydrogen-bond donors (Lipinski definition) is 4. The van der Waals surface area contributed by atoms with Crippen molar-refractivity contribution in [2.24, 2.45) is 5.73 Å². The van der Waals surface area contributed by atoms with Crippen molar-refractivity contribution in [2.75, 3.05) is 11.9 Å². The van der Waals surface area contributed by atoms with E-state index in [1.807, 2.05) is 0 Å². The Labute approximate surface area is 90.8 Å². The molecular weight excluding hydrogens is 212 g/mol. The first-order valence-corrected chi connectivity index (χ1v) is 4.34. The molecule has 0 aromatic carbocycles. The molecule has 1 aromatic rings. The van der Waals surface area contributed by atoms with Crippen LogP contribution in [0.5, 0.6) is 0 Å². The Morgan fingerprint density at radius 3 is 2.81 bits per heavy atom. The third kappa shape index (κ3) is 2.77. The molecule has 0 saturated heterocycles. The SMILES string of the molecule is NC(=O)C(=[NH2+])c1ccncc1NCC(=O)O. The van der Waals surface area contributed by atoms with Crippen LogP contribution in [-0.4, -0.2) is 34.2 Å². The number of hydrogen-bond acceptors (Lipinski definition) is 4. The van der Waals surface area contributed by atoms with Gasteiger partial charge < -0.3 is 16.2 Å². The highest BCUT2D eigenvalue weighted by Gasteiger charge is 2.18. The number of carboxylic acids is 1. The topological polar surface area (TPSA) is 131 Å². The molecule has 1 aromatic heterocycles. The molecular formula is C9H11N4O3+. The van der Waals surface area contributed by atoms with Gasteiger partial charge in [0.2, 0.25) is 0 Å². The number of pyridine rings is 1. The van der Waals surface area contributed by atoms with Gasteiger partial charge in [-0.05, 0) is 6.07 Å². The molecule has 16 heavy (non-hydrogen) atoms. The molecule has 0 saturated carbocycles. The average Bonchev–Trinajstić information content (AvgIpc) is 2.25. The number of aromatic nitrogens is 1. The van der Waals surface area contributed by atoms with Crippen molar-refractivity contribution in [1.82, 2.24) is 4.98 Å². The highest BCUT2D eigenvalue weighted by molar-refractivity contribution is 6.43. The number of rotatable bonds is 5. The predicted molar refractivity (Wildman–Crippen MR) is 55.6 cm³/mol. The lowest BCUT2D eigenvalue weighted by Crippen LogP contribution is -2.48. The summed E-state index contributed by atoms with van der Waals surface area (Å²) in [6.45, 7) is -0.301. The van der Waals surface area contributed by atoms with Gasteiger partial charge in [0.15, 0.2) is 0 Å². The quantitative estimate of drug-likeness (QED) is 0.414. The van der Waals surface area contributed by atoms with Crippen LogP contribution in [0, 0.1) is 0 Å². The number of nitrogens with two attached hydrogens (primary N) is 2. The van der Waals surface area contributed by atoms with E-state index in [-0.39, 0.29) is 12.3 Å². The van der Waals surface area contributed by atoms with Gasteiger partial charge >= 0.3 is 11.9 Å². The monoisotopic (exact) mass is 223 g/mol. The lowest BCUT2D eigenvalue weighted by molar-refractivity contribution is -0.135. The summed E-state index contributed by atoms with van der Waals surface area (Å²) in [4.78, 5) is 25.0. The second kappa shape index (κ2) is 4.87. The van der Waals surface area contributed by atoms with Crippen molar-refractivity contribution in [1.29, 1.82) is 0 Å². The summed E-state index contributed by atoms with van der Waals surface area (Å²) in [5.41, 5.74) is 5.57. The molecule has 7 heteroatoms. The van der Waals surface area contributed by atoms with Gasteiger partial charge in [-0.2, -0.15) is 0 Å². The van der Waals surface area contributed by atoms with Crippen molar-refractivity contribution < 1.29 is 20.1 Å². The van der Waals surface area contributed by atoms with Gasteiger partial charge in [0.1, 0.15) is 6.54 Å². The van der Waals surface area contributed by atoms with Gasteiger partial charge in [0.05, 0.1) is 17.4 Å². The van der Waals surface area contributed by atoms with E-state index in [1.165, 1.54) is 18.5 Å². The number of primary amides is 1. The first kappa shape index (κ1) is 11.6. The van der Waals surface area contributed by atoms with Crippen molar-refractivity contribution in [3.8, 4) is 0 Å². The molecule has 0 spiro atoms. The summed E-state index contributed by atoms with van der Waals surface area (Å²) < 4.78 is 0. The summed E-state index contributed by atoms with van der Waals surface area (Å²) in [7, 11) is 0. The highest BCUT2D eigenvalue weighted by Crippen LogP contribution is 2.12. The zero-order valence-electron chi connectivity index (χ0n) is 8.30. The van der Waals surface area contributed by atoms with Crippen LogP contribution in [-0.2, 0) is 9.59 Å². The van der Waals surface area contributed by atoms with Gasteiger partial charge in [0.25, 0.3) is 5.71 Å². The molecule has 1 rings (SSSR count). The molecule has 0 aliphatic heterocycles. The predicted octanol–water partition coefficient (Wildman–Crippen LogP) is -2.39. The summed E-state index contributed by atoms with van der Waals surface area (Å²) in [6.07, 6.45) is 2.80. The standard InChI is InChI=1S/C9H10N4O3/c10-8(9(11)16)5-1-2-12-3-6(5)13-4-7(14)15/h1-3,10,13H,4H2,(H2,11,16)(H,14,15)/p+1. The molecule has 7 nitrogen and oxygen atoms in total. The zero-order valence-corrected chi connectivity index (χ0v) is 8.30. The third-order valence-electron chi connectivity index (χ3n) is 1.81. The molecule has 1 heterocycles. The van der Waals surface area contributed by atoms with E-state index in [9.17, 15) is 9.59 Å². The van der Waals surface area contributed by atoms with Crippen molar-refractivity contribution in [2.45, 2.75) is 0 Å². The van der Waals surface area contributed by atoms with Crippen LogP contribution in [0.25, 0.3) is 0 Å². The van der Waals surface area contributed by atoms with Crippen LogP contribution < -0.4 is 16.5 Å². The maximum atomic E-state index is 10.9. The van der Waals surface area contributed by atoms with Crippen LogP contribution >= 0.6 is 0 Å². The molecule has 0 atom stereocenters. The van der Waals surface area contributed by atoms with Crippen molar-refractivity contribution in [3.63, 3.8) is 0 Å². The van der Waals surface area contributed by atoms with Crippen LogP contribution in [0.2, 0.25) is 0 Å². The maximum absolute atomic E-state index is 10.9. The normalized spacial score (nSPS) is 9.50. The fourth-order valence-corrected chi connectivity index (χ4v) is 1.07. The molecule has 0 bridgehead atoms. The number of nitrogens with zero attached hydrogens (tertiary/aromatic N) is 1. The molecule has 84 valence electrons. The molecule has 0 aliphatic carbocycles. The third-order valence-corrected chi connectivity index (χ3v) is 1.81. The molecule has 0 fully saturated rings. The van der Waals surface area contributed by atoms with Gasteiger partial charge in [-0.15, -0.1) is 0 Å². The van der Waals surface area contributed by atoms with E-state index >= 15 is 0 Å². The fourth-order valence-electron chi connectivity index (χ4n) is 1.07. The molecule has 6 N–H and O–H groups in total.